The van der Waals surface area contributed by atoms with Crippen LogP contribution >= 0.6 is 0 Å². The van der Waals surface area contributed by atoms with Crippen molar-refractivity contribution in [3.05, 3.63) is 65.7 Å². The average molecular weight is 351 g/mol. The fourth-order valence-corrected chi connectivity index (χ4v) is 3.53. The van der Waals surface area contributed by atoms with Gasteiger partial charge in [0.2, 0.25) is 0 Å². The van der Waals surface area contributed by atoms with E-state index in [1.807, 2.05) is 18.2 Å². The molecule has 1 N–H and O–H groups in total. The van der Waals surface area contributed by atoms with Crippen LogP contribution in [0.3, 0.4) is 0 Å². The highest BCUT2D eigenvalue weighted by Crippen LogP contribution is 2.40. The highest BCUT2D eigenvalue weighted by atomic mass is 19.1. The van der Waals surface area contributed by atoms with Gasteiger partial charge in [-0.2, -0.15) is 0 Å². The van der Waals surface area contributed by atoms with Gasteiger partial charge in [-0.3, -0.25) is 9.97 Å². The summed E-state index contributed by atoms with van der Waals surface area (Å²) in [5.74, 6) is 0.670. The molecule has 1 aliphatic rings. The monoisotopic (exact) mass is 351 g/mol. The molecule has 0 spiro atoms. The Morgan fingerprint density at radius 1 is 1.12 bits per heavy atom. The Kier molecular flexibility index (Phi) is 4.32. The maximum atomic E-state index is 13.0. The molecule has 0 bridgehead atoms. The van der Waals surface area contributed by atoms with Crippen LogP contribution in [0.15, 0.2) is 48.8 Å². The molecule has 3 aromatic rings. The first-order valence-electron chi connectivity index (χ1n) is 8.92. The molecule has 2 heterocycles. The lowest BCUT2D eigenvalue weighted by atomic mass is 9.89. The molecule has 4 nitrogen and oxygen atoms in total. The van der Waals surface area contributed by atoms with Gasteiger partial charge < -0.3 is 10.1 Å². The standard InChI is InChI=1S/C21H22FN3O/c1-21(2)13-19(23-8-7-14-3-5-15(22)6-4-14)16-11-17-18(12-20(16)26-21)25-10-9-24-17/h3-6,9-12,19,23H,7-8,13H2,1-2H3. The van der Waals surface area contributed by atoms with Crippen molar-refractivity contribution < 1.29 is 9.13 Å². The molecular weight excluding hydrogens is 329 g/mol. The fourth-order valence-electron chi connectivity index (χ4n) is 3.53. The minimum absolute atomic E-state index is 0.181. The predicted molar refractivity (Wildman–Crippen MR) is 99.7 cm³/mol. The van der Waals surface area contributed by atoms with Crippen molar-refractivity contribution in [3.63, 3.8) is 0 Å². The first-order valence-corrected chi connectivity index (χ1v) is 8.92. The molecule has 2 aromatic carbocycles. The number of aromatic nitrogens is 2. The Morgan fingerprint density at radius 3 is 2.54 bits per heavy atom. The second kappa shape index (κ2) is 6.65. The van der Waals surface area contributed by atoms with Gasteiger partial charge in [0.15, 0.2) is 0 Å². The summed E-state index contributed by atoms with van der Waals surface area (Å²) in [7, 11) is 0. The summed E-state index contributed by atoms with van der Waals surface area (Å²) in [6.45, 7) is 5.02. The van der Waals surface area contributed by atoms with Gasteiger partial charge in [-0.05, 0) is 50.6 Å². The van der Waals surface area contributed by atoms with Gasteiger partial charge in [0.05, 0.1) is 11.0 Å². The summed E-state index contributed by atoms with van der Waals surface area (Å²) in [6.07, 6.45) is 5.12. The topological polar surface area (TPSA) is 47.0 Å². The van der Waals surface area contributed by atoms with E-state index >= 15 is 0 Å². The van der Waals surface area contributed by atoms with Crippen molar-refractivity contribution in [3.8, 4) is 5.75 Å². The van der Waals surface area contributed by atoms with Crippen LogP contribution in [0.25, 0.3) is 11.0 Å². The van der Waals surface area contributed by atoms with Crippen molar-refractivity contribution >= 4 is 11.0 Å². The second-order valence-electron chi connectivity index (χ2n) is 7.38. The van der Waals surface area contributed by atoms with Crippen LogP contribution < -0.4 is 10.1 Å². The molecule has 4 rings (SSSR count). The zero-order valence-corrected chi connectivity index (χ0v) is 15.0. The molecule has 0 amide bonds. The summed E-state index contributed by atoms with van der Waals surface area (Å²) < 4.78 is 19.2. The number of nitrogens with zero attached hydrogens (tertiary/aromatic N) is 2. The fraction of sp³-hybridized carbons (Fsp3) is 0.333. The summed E-state index contributed by atoms with van der Waals surface area (Å²) in [4.78, 5) is 8.79. The van der Waals surface area contributed by atoms with E-state index in [0.717, 1.165) is 47.3 Å². The van der Waals surface area contributed by atoms with E-state index in [1.165, 1.54) is 12.1 Å². The number of nitrogens with one attached hydrogen (secondary N) is 1. The zero-order valence-electron chi connectivity index (χ0n) is 15.0. The third-order valence-corrected chi connectivity index (χ3v) is 4.78. The van der Waals surface area contributed by atoms with Crippen LogP contribution in [0.4, 0.5) is 4.39 Å². The third kappa shape index (κ3) is 3.53. The first-order chi connectivity index (χ1) is 12.5. The Hall–Kier alpha value is -2.53. The summed E-state index contributed by atoms with van der Waals surface area (Å²) in [6, 6.07) is 10.9. The molecule has 1 aliphatic heterocycles. The summed E-state index contributed by atoms with van der Waals surface area (Å²) in [5.41, 5.74) is 3.70. The lowest BCUT2D eigenvalue weighted by molar-refractivity contribution is 0.0664. The number of hydrogen-bond acceptors (Lipinski definition) is 4. The summed E-state index contributed by atoms with van der Waals surface area (Å²) >= 11 is 0. The maximum absolute atomic E-state index is 13.0. The molecule has 26 heavy (non-hydrogen) atoms. The number of halogens is 1. The van der Waals surface area contributed by atoms with Crippen LogP contribution in [-0.4, -0.2) is 22.1 Å². The molecule has 0 aliphatic carbocycles. The van der Waals surface area contributed by atoms with Crippen molar-refractivity contribution in [1.29, 1.82) is 0 Å². The minimum atomic E-state index is -0.254. The van der Waals surface area contributed by atoms with E-state index in [2.05, 4.69) is 35.2 Å². The van der Waals surface area contributed by atoms with Crippen molar-refractivity contribution in [2.75, 3.05) is 6.54 Å². The molecule has 0 fully saturated rings. The third-order valence-electron chi connectivity index (χ3n) is 4.78. The molecule has 0 saturated heterocycles. The highest BCUT2D eigenvalue weighted by Gasteiger charge is 2.33. The number of rotatable bonds is 4. The predicted octanol–water partition coefficient (Wildman–Crippen LogP) is 4.20. The number of hydrogen-bond donors (Lipinski definition) is 1. The van der Waals surface area contributed by atoms with Crippen LogP contribution in [0.2, 0.25) is 0 Å². The van der Waals surface area contributed by atoms with Gasteiger partial charge in [0.25, 0.3) is 0 Å². The average Bonchev–Trinajstić information content (AvgIpc) is 2.61. The molecule has 1 aromatic heterocycles. The maximum Gasteiger partial charge on any atom is 0.127 e. The lowest BCUT2D eigenvalue weighted by Gasteiger charge is -2.38. The molecule has 134 valence electrons. The van der Waals surface area contributed by atoms with Crippen LogP contribution in [-0.2, 0) is 6.42 Å². The normalized spacial score (nSPS) is 18.3. The van der Waals surface area contributed by atoms with Crippen molar-refractivity contribution in [2.45, 2.75) is 38.3 Å². The van der Waals surface area contributed by atoms with Crippen LogP contribution in [0, 0.1) is 5.82 Å². The van der Waals surface area contributed by atoms with E-state index < -0.39 is 0 Å². The van der Waals surface area contributed by atoms with E-state index in [9.17, 15) is 4.39 Å². The van der Waals surface area contributed by atoms with E-state index in [-0.39, 0.29) is 17.5 Å². The van der Waals surface area contributed by atoms with Gasteiger partial charge >= 0.3 is 0 Å². The van der Waals surface area contributed by atoms with Gasteiger partial charge in [0, 0.05) is 36.5 Å². The second-order valence-corrected chi connectivity index (χ2v) is 7.38. The first kappa shape index (κ1) is 16.9. The molecule has 1 unspecified atom stereocenters. The Morgan fingerprint density at radius 2 is 1.81 bits per heavy atom. The Labute approximate surface area is 152 Å². The number of benzene rings is 2. The molecular formula is C21H22FN3O. The molecule has 5 heteroatoms. The quantitative estimate of drug-likeness (QED) is 0.765. The smallest absolute Gasteiger partial charge is 0.127 e. The van der Waals surface area contributed by atoms with Gasteiger partial charge in [0.1, 0.15) is 17.2 Å². The SMILES string of the molecule is CC1(C)CC(NCCc2ccc(F)cc2)c2cc3nccnc3cc2O1. The number of fused-ring (bicyclic) bond motifs is 2. The largest absolute Gasteiger partial charge is 0.487 e. The van der Waals surface area contributed by atoms with Gasteiger partial charge in [-0.15, -0.1) is 0 Å². The van der Waals surface area contributed by atoms with Crippen LogP contribution in [0.5, 0.6) is 5.75 Å². The van der Waals surface area contributed by atoms with E-state index in [0.29, 0.717) is 0 Å². The summed E-state index contributed by atoms with van der Waals surface area (Å²) in [5, 5.41) is 3.64. The van der Waals surface area contributed by atoms with E-state index in [1.54, 1.807) is 12.4 Å². The van der Waals surface area contributed by atoms with E-state index in [4.69, 9.17) is 4.74 Å². The molecule has 0 saturated carbocycles. The Balaban J connectivity index is 1.56. The van der Waals surface area contributed by atoms with Crippen molar-refractivity contribution in [1.82, 2.24) is 15.3 Å². The zero-order chi connectivity index (χ0) is 18.1. The minimum Gasteiger partial charge on any atom is -0.487 e. The van der Waals surface area contributed by atoms with Gasteiger partial charge in [-0.25, -0.2) is 4.39 Å². The molecule has 1 atom stereocenters. The Bertz CT molecular complexity index is 924. The lowest BCUT2D eigenvalue weighted by Crippen LogP contribution is -2.40. The van der Waals surface area contributed by atoms with Gasteiger partial charge in [-0.1, -0.05) is 12.1 Å². The van der Waals surface area contributed by atoms with Crippen molar-refractivity contribution in [2.24, 2.45) is 0 Å². The molecule has 0 radical (unpaired) electrons. The van der Waals surface area contributed by atoms with Crippen LogP contribution in [0.1, 0.15) is 37.4 Å². The highest BCUT2D eigenvalue weighted by molar-refractivity contribution is 5.77. The number of ether oxygens (including phenoxy) is 1.